The van der Waals surface area contributed by atoms with Gasteiger partial charge >= 0.3 is 0 Å². The third-order valence-electron chi connectivity index (χ3n) is 3.61. The molecule has 2 aliphatic rings. The van der Waals surface area contributed by atoms with Crippen molar-refractivity contribution in [2.24, 2.45) is 0 Å². The number of aliphatic hydroxyl groups is 1. The van der Waals surface area contributed by atoms with Gasteiger partial charge in [-0.3, -0.25) is 4.90 Å². The summed E-state index contributed by atoms with van der Waals surface area (Å²) < 4.78 is 0.810. The number of nitrogens with zero attached hydrogens (tertiary/aromatic N) is 2. The summed E-state index contributed by atoms with van der Waals surface area (Å²) in [4.78, 5) is 7.61. The number of rotatable bonds is 2. The van der Waals surface area contributed by atoms with Gasteiger partial charge in [-0.2, -0.15) is 0 Å². The number of hydrogen-bond donors (Lipinski definition) is 1. The zero-order valence-corrected chi connectivity index (χ0v) is 11.6. The second-order valence-corrected chi connectivity index (χ2v) is 6.57. The Hall–Kier alpha value is 0.0300. The number of hydrogen-bond acceptors (Lipinski definition) is 4. The fourth-order valence-electron chi connectivity index (χ4n) is 2.72. The summed E-state index contributed by atoms with van der Waals surface area (Å²) in [7, 11) is 0. The average molecular weight is 303 g/mol. The third kappa shape index (κ3) is 1.74. The van der Waals surface area contributed by atoms with Crippen molar-refractivity contribution in [3.8, 4) is 0 Å². The van der Waals surface area contributed by atoms with Crippen molar-refractivity contribution < 1.29 is 5.11 Å². The Balaban J connectivity index is 1.87. The molecule has 0 radical (unpaired) electrons. The van der Waals surface area contributed by atoms with Crippen LogP contribution in [0.4, 0.5) is 0 Å². The molecule has 88 valence electrons. The molecule has 2 atom stereocenters. The maximum absolute atomic E-state index is 10.7. The van der Waals surface area contributed by atoms with Crippen molar-refractivity contribution in [2.75, 3.05) is 6.54 Å². The minimum Gasteiger partial charge on any atom is -0.383 e. The van der Waals surface area contributed by atoms with E-state index in [1.54, 1.807) is 16.8 Å². The maximum atomic E-state index is 10.7. The highest BCUT2D eigenvalue weighted by atomic mass is 79.9. The standard InChI is InChI=1S/C11H15BrN2OS/c1-7-4-11(15,5-14(7)8-2-3-8)9-10(12)13-6-16-9/h6-8,15H,2-5H2,1H3. The zero-order valence-electron chi connectivity index (χ0n) is 9.19. The van der Waals surface area contributed by atoms with Gasteiger partial charge in [0.1, 0.15) is 10.2 Å². The number of aromatic nitrogens is 1. The van der Waals surface area contributed by atoms with Crippen LogP contribution in [0.2, 0.25) is 0 Å². The van der Waals surface area contributed by atoms with Crippen molar-refractivity contribution in [1.29, 1.82) is 0 Å². The average Bonchev–Trinajstić information content (AvgIpc) is 2.89. The molecule has 3 nitrogen and oxygen atoms in total. The molecule has 1 saturated heterocycles. The molecule has 5 heteroatoms. The van der Waals surface area contributed by atoms with Crippen molar-refractivity contribution >= 4 is 27.3 Å². The van der Waals surface area contributed by atoms with Gasteiger partial charge in [0, 0.05) is 18.6 Å². The van der Waals surface area contributed by atoms with Crippen molar-refractivity contribution in [3.05, 3.63) is 15.0 Å². The molecular formula is C11H15BrN2OS. The lowest BCUT2D eigenvalue weighted by Gasteiger charge is -2.22. The molecule has 0 bridgehead atoms. The quantitative estimate of drug-likeness (QED) is 0.911. The van der Waals surface area contributed by atoms with E-state index < -0.39 is 5.60 Å². The predicted molar refractivity (Wildman–Crippen MR) is 67.5 cm³/mol. The first-order chi connectivity index (χ1) is 7.60. The molecule has 0 amide bonds. The first-order valence-electron chi connectivity index (χ1n) is 5.68. The molecular weight excluding hydrogens is 288 g/mol. The fourth-order valence-corrected chi connectivity index (χ4v) is 4.39. The topological polar surface area (TPSA) is 36.4 Å². The smallest absolute Gasteiger partial charge is 0.123 e. The molecule has 3 rings (SSSR count). The largest absolute Gasteiger partial charge is 0.383 e. The van der Waals surface area contributed by atoms with E-state index >= 15 is 0 Å². The number of halogens is 1. The molecule has 1 N–H and O–H groups in total. The summed E-state index contributed by atoms with van der Waals surface area (Å²) in [5.41, 5.74) is 1.10. The minimum absolute atomic E-state index is 0.478. The van der Waals surface area contributed by atoms with Gasteiger partial charge < -0.3 is 5.11 Å². The van der Waals surface area contributed by atoms with E-state index in [4.69, 9.17) is 0 Å². The van der Waals surface area contributed by atoms with Crippen LogP contribution in [0, 0.1) is 0 Å². The highest BCUT2D eigenvalue weighted by Crippen LogP contribution is 2.44. The molecule has 1 aliphatic heterocycles. The predicted octanol–water partition coefficient (Wildman–Crippen LogP) is 2.35. The number of likely N-dealkylation sites (tertiary alicyclic amines) is 1. The van der Waals surface area contributed by atoms with Crippen LogP contribution in [0.15, 0.2) is 10.1 Å². The van der Waals surface area contributed by atoms with Crippen LogP contribution in [-0.4, -0.2) is 33.6 Å². The number of thiazole rings is 1. The van der Waals surface area contributed by atoms with Crippen LogP contribution in [0.1, 0.15) is 31.1 Å². The molecule has 1 aromatic rings. The van der Waals surface area contributed by atoms with E-state index in [1.807, 2.05) is 0 Å². The van der Waals surface area contributed by atoms with E-state index in [2.05, 4.69) is 32.7 Å². The highest BCUT2D eigenvalue weighted by Gasteiger charge is 2.48. The van der Waals surface area contributed by atoms with E-state index in [-0.39, 0.29) is 0 Å². The van der Waals surface area contributed by atoms with Crippen LogP contribution >= 0.6 is 27.3 Å². The van der Waals surface area contributed by atoms with Gasteiger partial charge in [-0.05, 0) is 42.1 Å². The van der Waals surface area contributed by atoms with Crippen LogP contribution in [0.25, 0.3) is 0 Å². The monoisotopic (exact) mass is 302 g/mol. The van der Waals surface area contributed by atoms with Crippen LogP contribution in [-0.2, 0) is 5.60 Å². The lowest BCUT2D eigenvalue weighted by molar-refractivity contribution is 0.0479. The Morgan fingerprint density at radius 1 is 1.62 bits per heavy atom. The third-order valence-corrected chi connectivity index (χ3v) is 5.49. The Labute approximate surface area is 108 Å². The molecule has 0 spiro atoms. The van der Waals surface area contributed by atoms with Crippen LogP contribution in [0.5, 0.6) is 0 Å². The first kappa shape index (κ1) is 11.1. The van der Waals surface area contributed by atoms with Gasteiger partial charge in [-0.1, -0.05) is 0 Å². The fraction of sp³-hybridized carbons (Fsp3) is 0.727. The van der Waals surface area contributed by atoms with Gasteiger partial charge in [0.25, 0.3) is 0 Å². The summed E-state index contributed by atoms with van der Waals surface area (Å²) >= 11 is 4.97. The lowest BCUT2D eigenvalue weighted by Crippen LogP contribution is -2.33. The second-order valence-electron chi connectivity index (χ2n) is 4.96. The minimum atomic E-state index is -0.692. The van der Waals surface area contributed by atoms with Crippen LogP contribution in [0.3, 0.4) is 0 Å². The van der Waals surface area contributed by atoms with Gasteiger partial charge in [-0.15, -0.1) is 11.3 Å². The van der Waals surface area contributed by atoms with E-state index in [0.29, 0.717) is 6.04 Å². The molecule has 1 aromatic heterocycles. The summed E-state index contributed by atoms with van der Waals surface area (Å²) in [5, 5.41) is 10.7. The molecule has 2 unspecified atom stereocenters. The Morgan fingerprint density at radius 3 is 2.94 bits per heavy atom. The summed E-state index contributed by atoms with van der Waals surface area (Å²) in [6.45, 7) is 2.98. The Morgan fingerprint density at radius 2 is 2.38 bits per heavy atom. The molecule has 2 heterocycles. The summed E-state index contributed by atoms with van der Waals surface area (Å²) in [5.74, 6) is 0. The lowest BCUT2D eigenvalue weighted by atomic mass is 10.00. The van der Waals surface area contributed by atoms with Crippen molar-refractivity contribution in [2.45, 2.75) is 43.9 Å². The Kier molecular flexibility index (Phi) is 2.62. The molecule has 1 aliphatic carbocycles. The van der Waals surface area contributed by atoms with Gasteiger partial charge in [0.2, 0.25) is 0 Å². The molecule has 2 fully saturated rings. The zero-order chi connectivity index (χ0) is 11.3. The normalized spacial score (nSPS) is 35.8. The van der Waals surface area contributed by atoms with Gasteiger partial charge in [-0.25, -0.2) is 4.98 Å². The van der Waals surface area contributed by atoms with Gasteiger partial charge in [0.15, 0.2) is 0 Å². The number of β-amino-alcohol motifs (C(OH)–C–C–N with tert-alkyl or cyclic N) is 1. The highest BCUT2D eigenvalue weighted by molar-refractivity contribution is 9.10. The molecule has 1 saturated carbocycles. The van der Waals surface area contributed by atoms with Crippen LogP contribution < -0.4 is 0 Å². The summed E-state index contributed by atoms with van der Waals surface area (Å²) in [6, 6.07) is 1.20. The second kappa shape index (κ2) is 3.77. The van der Waals surface area contributed by atoms with E-state index in [9.17, 15) is 5.11 Å². The Bertz CT molecular complexity index is 406. The molecule has 0 aromatic carbocycles. The first-order valence-corrected chi connectivity index (χ1v) is 7.35. The van der Waals surface area contributed by atoms with Gasteiger partial charge in [0.05, 0.1) is 10.4 Å². The molecule has 16 heavy (non-hydrogen) atoms. The summed E-state index contributed by atoms with van der Waals surface area (Å²) in [6.07, 6.45) is 3.42. The van der Waals surface area contributed by atoms with Crippen molar-refractivity contribution in [1.82, 2.24) is 9.88 Å². The SMILES string of the molecule is CC1CC(O)(c2scnc2Br)CN1C1CC1. The maximum Gasteiger partial charge on any atom is 0.123 e. The van der Waals surface area contributed by atoms with Crippen molar-refractivity contribution in [3.63, 3.8) is 0 Å². The van der Waals surface area contributed by atoms with E-state index in [0.717, 1.165) is 28.5 Å². The van der Waals surface area contributed by atoms with E-state index in [1.165, 1.54) is 12.8 Å².